The molecule has 3 aromatic rings. The molecule has 0 amide bonds. The van der Waals surface area contributed by atoms with E-state index in [0.29, 0.717) is 5.75 Å². The first kappa shape index (κ1) is 16.9. The van der Waals surface area contributed by atoms with Gasteiger partial charge in [0, 0.05) is 12.2 Å². The molecule has 8 nitrogen and oxygen atoms in total. The number of benzene rings is 1. The van der Waals surface area contributed by atoms with Crippen molar-refractivity contribution in [3.05, 3.63) is 55.2 Å². The Bertz CT molecular complexity index is 937. The zero-order valence-corrected chi connectivity index (χ0v) is 14.5. The molecule has 0 aliphatic carbocycles. The summed E-state index contributed by atoms with van der Waals surface area (Å²) in [5.41, 5.74) is 0.222. The molecule has 0 bridgehead atoms. The Labute approximate surface area is 145 Å². The van der Waals surface area contributed by atoms with Crippen LogP contribution in [0.1, 0.15) is 19.9 Å². The lowest BCUT2D eigenvalue weighted by molar-refractivity contribution is 0.442. The van der Waals surface area contributed by atoms with Gasteiger partial charge in [-0.2, -0.15) is 8.42 Å². The zero-order chi connectivity index (χ0) is 17.9. The van der Waals surface area contributed by atoms with Gasteiger partial charge >= 0.3 is 6.01 Å². The molecule has 2 aromatic heterocycles. The lowest BCUT2D eigenvalue weighted by atomic mass is 10.3. The number of para-hydroxylation sites is 1. The fourth-order valence-corrected chi connectivity index (χ4v) is 2.93. The van der Waals surface area contributed by atoms with E-state index in [9.17, 15) is 8.42 Å². The van der Waals surface area contributed by atoms with Crippen LogP contribution >= 0.6 is 0 Å². The van der Waals surface area contributed by atoms with Crippen LogP contribution in [0.2, 0.25) is 0 Å². The molecule has 0 radical (unpaired) electrons. The van der Waals surface area contributed by atoms with Gasteiger partial charge < -0.3 is 9.30 Å². The van der Waals surface area contributed by atoms with Crippen LogP contribution in [0.25, 0.3) is 0 Å². The highest BCUT2D eigenvalue weighted by atomic mass is 32.2. The maximum atomic E-state index is 12.3. The number of nitrogens with zero attached hydrogens (tertiary/aromatic N) is 4. The van der Waals surface area contributed by atoms with E-state index in [1.165, 1.54) is 24.9 Å². The van der Waals surface area contributed by atoms with Crippen LogP contribution < -0.4 is 9.46 Å². The fourth-order valence-electron chi connectivity index (χ4n) is 1.96. The van der Waals surface area contributed by atoms with Crippen LogP contribution in [-0.2, 0) is 10.0 Å². The summed E-state index contributed by atoms with van der Waals surface area (Å²) in [6, 6.07) is 9.30. The molecule has 1 N–H and O–H groups in total. The monoisotopic (exact) mass is 359 g/mol. The van der Waals surface area contributed by atoms with Crippen molar-refractivity contribution < 1.29 is 13.2 Å². The van der Waals surface area contributed by atoms with Crippen molar-refractivity contribution in [2.75, 3.05) is 4.72 Å². The molecule has 0 aliphatic rings. The van der Waals surface area contributed by atoms with Crippen molar-refractivity contribution >= 4 is 15.7 Å². The summed E-state index contributed by atoms with van der Waals surface area (Å²) in [7, 11) is -3.80. The first-order valence-corrected chi connectivity index (χ1v) is 9.03. The van der Waals surface area contributed by atoms with Gasteiger partial charge in [-0.3, -0.25) is 4.72 Å². The standard InChI is InChI=1S/C16H17N5O3S/c1-12(2)21-10-15(19-11-21)25(22,23)20-13-8-17-16(18-9-13)24-14-6-4-3-5-7-14/h3-12,20H,1-2H3. The number of nitrogens with one attached hydrogen (secondary N) is 1. The average Bonchev–Trinajstić information content (AvgIpc) is 3.09. The third kappa shape index (κ3) is 4.13. The molecule has 0 spiro atoms. The van der Waals surface area contributed by atoms with Gasteiger partial charge in [-0.15, -0.1) is 0 Å². The molecule has 1 aromatic carbocycles. The third-order valence-electron chi connectivity index (χ3n) is 3.28. The summed E-state index contributed by atoms with van der Waals surface area (Å²) in [5, 5.41) is -0.0641. The maximum Gasteiger partial charge on any atom is 0.322 e. The van der Waals surface area contributed by atoms with Gasteiger partial charge in [0.1, 0.15) is 5.75 Å². The zero-order valence-electron chi connectivity index (χ0n) is 13.7. The number of hydrogen-bond donors (Lipinski definition) is 1. The van der Waals surface area contributed by atoms with E-state index in [1.54, 1.807) is 16.7 Å². The number of hydrogen-bond acceptors (Lipinski definition) is 6. The van der Waals surface area contributed by atoms with E-state index in [0.717, 1.165) is 0 Å². The minimum Gasteiger partial charge on any atom is -0.424 e. The van der Waals surface area contributed by atoms with E-state index >= 15 is 0 Å². The molecule has 2 heterocycles. The second-order valence-corrected chi connectivity index (χ2v) is 7.16. The molecular weight excluding hydrogens is 342 g/mol. The Morgan fingerprint density at radius 1 is 1.08 bits per heavy atom. The van der Waals surface area contributed by atoms with Gasteiger partial charge in [-0.05, 0) is 26.0 Å². The number of aromatic nitrogens is 4. The summed E-state index contributed by atoms with van der Waals surface area (Å²) in [5.74, 6) is 0.593. The van der Waals surface area contributed by atoms with Crippen LogP contribution in [0.15, 0.2) is 60.3 Å². The summed E-state index contributed by atoms with van der Waals surface area (Å²) < 4.78 is 34.2. The molecule has 9 heteroatoms. The summed E-state index contributed by atoms with van der Waals surface area (Å²) >= 11 is 0. The molecule has 25 heavy (non-hydrogen) atoms. The number of rotatable bonds is 6. The molecule has 3 rings (SSSR count). The largest absolute Gasteiger partial charge is 0.424 e. The molecular formula is C16H17N5O3S. The SMILES string of the molecule is CC(C)n1cnc(S(=O)(=O)Nc2cnc(Oc3ccccc3)nc2)c1. The highest BCUT2D eigenvalue weighted by Crippen LogP contribution is 2.19. The quantitative estimate of drug-likeness (QED) is 0.726. The molecule has 0 saturated heterocycles. The van der Waals surface area contributed by atoms with Gasteiger partial charge in [0.05, 0.1) is 24.4 Å². The maximum absolute atomic E-state index is 12.3. The first-order chi connectivity index (χ1) is 11.9. The van der Waals surface area contributed by atoms with Crippen LogP contribution in [0.5, 0.6) is 11.8 Å². The third-order valence-corrected chi connectivity index (χ3v) is 4.55. The van der Waals surface area contributed by atoms with E-state index in [4.69, 9.17) is 4.74 Å². The Balaban J connectivity index is 1.71. The predicted octanol–water partition coefficient (Wildman–Crippen LogP) is 2.85. The lowest BCUT2D eigenvalue weighted by Crippen LogP contribution is -2.14. The summed E-state index contributed by atoms with van der Waals surface area (Å²) in [4.78, 5) is 11.9. The molecule has 0 saturated carbocycles. The van der Waals surface area contributed by atoms with Crippen LogP contribution in [-0.4, -0.2) is 27.9 Å². The predicted molar refractivity (Wildman–Crippen MR) is 92.0 cm³/mol. The molecule has 0 fully saturated rings. The minimum absolute atomic E-state index is 0.0641. The van der Waals surface area contributed by atoms with Gasteiger partial charge in [0.2, 0.25) is 0 Å². The first-order valence-electron chi connectivity index (χ1n) is 7.55. The van der Waals surface area contributed by atoms with Crippen molar-refractivity contribution in [1.29, 1.82) is 0 Å². The van der Waals surface area contributed by atoms with E-state index in [2.05, 4.69) is 19.7 Å². The van der Waals surface area contributed by atoms with Crippen LogP contribution in [0, 0.1) is 0 Å². The van der Waals surface area contributed by atoms with Crippen molar-refractivity contribution in [2.24, 2.45) is 0 Å². The second kappa shape index (κ2) is 6.89. The van der Waals surface area contributed by atoms with Crippen LogP contribution in [0.4, 0.5) is 5.69 Å². The van der Waals surface area contributed by atoms with E-state index < -0.39 is 10.0 Å². The normalized spacial score (nSPS) is 11.5. The van der Waals surface area contributed by atoms with Crippen molar-refractivity contribution in [1.82, 2.24) is 19.5 Å². The highest BCUT2D eigenvalue weighted by molar-refractivity contribution is 7.92. The fraction of sp³-hybridized carbons (Fsp3) is 0.188. The molecule has 130 valence electrons. The topological polar surface area (TPSA) is 99.0 Å². The molecule has 0 unspecified atom stereocenters. The van der Waals surface area contributed by atoms with Crippen molar-refractivity contribution in [2.45, 2.75) is 24.9 Å². The number of ether oxygens (including phenoxy) is 1. The summed E-state index contributed by atoms with van der Waals surface area (Å²) in [6.07, 6.45) is 5.62. The van der Waals surface area contributed by atoms with Gasteiger partial charge in [0.25, 0.3) is 10.0 Å². The van der Waals surface area contributed by atoms with E-state index in [1.807, 2.05) is 32.0 Å². The second-order valence-electron chi connectivity index (χ2n) is 5.53. The van der Waals surface area contributed by atoms with Gasteiger partial charge in [0.15, 0.2) is 5.03 Å². The van der Waals surface area contributed by atoms with E-state index in [-0.39, 0.29) is 22.8 Å². The Kier molecular flexibility index (Phi) is 4.66. The highest BCUT2D eigenvalue weighted by Gasteiger charge is 2.18. The Hall–Kier alpha value is -2.94. The smallest absolute Gasteiger partial charge is 0.322 e. The number of sulfonamides is 1. The molecule has 0 aliphatic heterocycles. The summed E-state index contributed by atoms with van der Waals surface area (Å²) in [6.45, 7) is 3.87. The van der Waals surface area contributed by atoms with Crippen LogP contribution in [0.3, 0.4) is 0 Å². The van der Waals surface area contributed by atoms with Crippen molar-refractivity contribution in [3.8, 4) is 11.8 Å². The Morgan fingerprint density at radius 3 is 2.36 bits per heavy atom. The Morgan fingerprint density at radius 2 is 1.76 bits per heavy atom. The lowest BCUT2D eigenvalue weighted by Gasteiger charge is -2.07. The van der Waals surface area contributed by atoms with Crippen molar-refractivity contribution in [3.63, 3.8) is 0 Å². The van der Waals surface area contributed by atoms with Gasteiger partial charge in [-0.25, -0.2) is 15.0 Å². The molecule has 0 atom stereocenters. The average molecular weight is 359 g/mol. The van der Waals surface area contributed by atoms with Gasteiger partial charge in [-0.1, -0.05) is 18.2 Å². The number of anilines is 1. The number of imidazole rings is 1. The minimum atomic E-state index is -3.80.